The Morgan fingerprint density at radius 2 is 2.30 bits per heavy atom. The minimum Gasteiger partial charge on any atom is -0.462 e. The fraction of sp³-hybridized carbons (Fsp3) is 0.400. The lowest BCUT2D eigenvalue weighted by molar-refractivity contribution is -0.136. The summed E-state index contributed by atoms with van der Waals surface area (Å²) in [6.45, 7) is 7.26. The first-order valence-electron chi connectivity index (χ1n) is 6.85. The number of aromatic amines is 1. The van der Waals surface area contributed by atoms with Gasteiger partial charge in [-0.15, -0.1) is 0 Å². The molecule has 0 bridgehead atoms. The van der Waals surface area contributed by atoms with Crippen LogP contribution in [0.1, 0.15) is 32.2 Å². The molecule has 0 aromatic carbocycles. The minimum atomic E-state index is -0.302. The fourth-order valence-corrected chi connectivity index (χ4v) is 2.78. The van der Waals surface area contributed by atoms with Crippen molar-refractivity contribution in [2.24, 2.45) is 0 Å². The molecule has 0 saturated heterocycles. The molecular weight excluding hydrogens is 254 g/mol. The Kier molecular flexibility index (Phi) is 2.85. The van der Waals surface area contributed by atoms with Crippen LogP contribution in [0.2, 0.25) is 0 Å². The van der Waals surface area contributed by atoms with E-state index in [-0.39, 0.29) is 11.4 Å². The van der Waals surface area contributed by atoms with Crippen molar-refractivity contribution in [3.05, 3.63) is 35.9 Å². The van der Waals surface area contributed by atoms with Crippen molar-refractivity contribution in [1.29, 1.82) is 0 Å². The summed E-state index contributed by atoms with van der Waals surface area (Å²) in [6, 6.07) is 4.00. The van der Waals surface area contributed by atoms with Crippen molar-refractivity contribution in [2.45, 2.75) is 26.2 Å². The molecule has 106 valence electrons. The van der Waals surface area contributed by atoms with E-state index in [1.807, 2.05) is 25.3 Å². The summed E-state index contributed by atoms with van der Waals surface area (Å²) in [7, 11) is 0. The number of fused-ring (bicyclic) bond motifs is 3. The second-order valence-corrected chi connectivity index (χ2v) is 5.66. The van der Waals surface area contributed by atoms with Crippen LogP contribution in [0.25, 0.3) is 11.2 Å². The number of rotatable bonds is 2. The highest BCUT2D eigenvalue weighted by atomic mass is 16.5. The molecule has 2 N–H and O–H groups in total. The molecular formula is C15H19N3O2. The average Bonchev–Trinajstić information content (AvgIpc) is 2.91. The zero-order valence-corrected chi connectivity index (χ0v) is 12.0. The van der Waals surface area contributed by atoms with Crippen molar-refractivity contribution in [3.8, 4) is 0 Å². The van der Waals surface area contributed by atoms with Gasteiger partial charge in [-0.1, -0.05) is 13.8 Å². The summed E-state index contributed by atoms with van der Waals surface area (Å²) in [4.78, 5) is 15.5. The van der Waals surface area contributed by atoms with Crippen LogP contribution in [-0.2, 0) is 14.9 Å². The third kappa shape index (κ3) is 1.81. The predicted molar refractivity (Wildman–Crippen MR) is 77.4 cm³/mol. The SMILES string of the molecule is CCOC(=O)C1=CNCC(C)(C)c2c1[nH]c1cccn21. The van der Waals surface area contributed by atoms with E-state index in [1.165, 1.54) is 0 Å². The van der Waals surface area contributed by atoms with Gasteiger partial charge in [-0.2, -0.15) is 0 Å². The van der Waals surface area contributed by atoms with Crippen molar-refractivity contribution in [2.75, 3.05) is 13.2 Å². The summed E-state index contributed by atoms with van der Waals surface area (Å²) in [6.07, 6.45) is 3.77. The van der Waals surface area contributed by atoms with E-state index in [0.29, 0.717) is 12.2 Å². The molecule has 3 rings (SSSR count). The number of aromatic nitrogens is 2. The lowest BCUT2D eigenvalue weighted by atomic mass is 9.87. The van der Waals surface area contributed by atoms with Crippen LogP contribution in [-0.4, -0.2) is 28.5 Å². The lowest BCUT2D eigenvalue weighted by Gasteiger charge is -2.23. The molecule has 0 aliphatic carbocycles. The highest BCUT2D eigenvalue weighted by Gasteiger charge is 2.33. The molecule has 2 aromatic heterocycles. The predicted octanol–water partition coefficient (Wildman–Crippen LogP) is 2.05. The Morgan fingerprint density at radius 1 is 1.50 bits per heavy atom. The summed E-state index contributed by atoms with van der Waals surface area (Å²) in [5, 5.41) is 3.22. The number of hydrogen-bond acceptors (Lipinski definition) is 3. The van der Waals surface area contributed by atoms with Crippen LogP contribution in [0, 0.1) is 0 Å². The van der Waals surface area contributed by atoms with Crippen LogP contribution < -0.4 is 5.32 Å². The van der Waals surface area contributed by atoms with Gasteiger partial charge in [0, 0.05) is 24.4 Å². The topological polar surface area (TPSA) is 58.5 Å². The van der Waals surface area contributed by atoms with Gasteiger partial charge in [0.1, 0.15) is 11.2 Å². The summed E-state index contributed by atoms with van der Waals surface area (Å²) in [5.74, 6) is -0.302. The highest BCUT2D eigenvalue weighted by molar-refractivity contribution is 6.16. The normalized spacial score (nSPS) is 17.1. The van der Waals surface area contributed by atoms with Gasteiger partial charge in [-0.05, 0) is 19.1 Å². The maximum absolute atomic E-state index is 12.2. The summed E-state index contributed by atoms with van der Waals surface area (Å²) in [5.41, 5.74) is 3.38. The van der Waals surface area contributed by atoms with Crippen LogP contribution in [0.4, 0.5) is 0 Å². The van der Waals surface area contributed by atoms with Gasteiger partial charge in [0.2, 0.25) is 0 Å². The van der Waals surface area contributed by atoms with Crippen LogP contribution in [0.15, 0.2) is 24.5 Å². The van der Waals surface area contributed by atoms with E-state index in [1.54, 1.807) is 6.20 Å². The van der Waals surface area contributed by atoms with Crippen molar-refractivity contribution in [1.82, 2.24) is 14.7 Å². The Bertz CT molecular complexity index is 691. The number of carbonyl (C=O) groups excluding carboxylic acids is 1. The quantitative estimate of drug-likeness (QED) is 0.823. The van der Waals surface area contributed by atoms with E-state index >= 15 is 0 Å². The van der Waals surface area contributed by atoms with E-state index in [0.717, 1.165) is 23.6 Å². The Balaban J connectivity index is 2.21. The second kappa shape index (κ2) is 4.44. The maximum atomic E-state index is 12.2. The van der Waals surface area contributed by atoms with Crippen molar-refractivity contribution < 1.29 is 9.53 Å². The fourth-order valence-electron chi connectivity index (χ4n) is 2.78. The number of esters is 1. The molecule has 0 fully saturated rings. The smallest absolute Gasteiger partial charge is 0.341 e. The minimum absolute atomic E-state index is 0.0999. The summed E-state index contributed by atoms with van der Waals surface area (Å²) >= 11 is 0. The van der Waals surface area contributed by atoms with Gasteiger partial charge in [0.25, 0.3) is 0 Å². The van der Waals surface area contributed by atoms with Crippen LogP contribution in [0.5, 0.6) is 0 Å². The van der Waals surface area contributed by atoms with E-state index in [2.05, 4.69) is 28.5 Å². The molecule has 0 radical (unpaired) electrons. The first-order valence-corrected chi connectivity index (χ1v) is 6.85. The molecule has 0 atom stereocenters. The van der Waals surface area contributed by atoms with Gasteiger partial charge in [0.05, 0.1) is 18.0 Å². The standard InChI is InChI=1S/C15H19N3O2/c1-4-20-14(19)10-8-16-9-15(2,3)13-12(10)17-11-6-5-7-18(11)13/h5-8,16-17H,4,9H2,1-3H3. The first-order chi connectivity index (χ1) is 9.54. The molecule has 0 unspecified atom stereocenters. The zero-order valence-electron chi connectivity index (χ0n) is 12.0. The number of carbonyl (C=O) groups is 1. The number of nitrogens with zero attached hydrogens (tertiary/aromatic N) is 1. The largest absolute Gasteiger partial charge is 0.462 e. The number of nitrogens with one attached hydrogen (secondary N) is 2. The van der Waals surface area contributed by atoms with Crippen LogP contribution >= 0.6 is 0 Å². The van der Waals surface area contributed by atoms with E-state index in [4.69, 9.17) is 4.74 Å². The van der Waals surface area contributed by atoms with Gasteiger partial charge < -0.3 is 19.4 Å². The molecule has 2 aromatic rings. The van der Waals surface area contributed by atoms with Crippen LogP contribution in [0.3, 0.4) is 0 Å². The molecule has 0 spiro atoms. The molecule has 0 amide bonds. The summed E-state index contributed by atoms with van der Waals surface area (Å²) < 4.78 is 7.26. The maximum Gasteiger partial charge on any atom is 0.341 e. The molecule has 1 aliphatic heterocycles. The van der Waals surface area contributed by atoms with Gasteiger partial charge >= 0.3 is 5.97 Å². The Labute approximate surface area is 117 Å². The molecule has 3 heterocycles. The van der Waals surface area contributed by atoms with Gasteiger partial charge in [-0.3, -0.25) is 0 Å². The number of imidazole rings is 1. The molecule has 5 nitrogen and oxygen atoms in total. The second-order valence-electron chi connectivity index (χ2n) is 5.66. The van der Waals surface area contributed by atoms with Gasteiger partial charge in [0.15, 0.2) is 0 Å². The average molecular weight is 273 g/mol. The van der Waals surface area contributed by atoms with Crippen molar-refractivity contribution in [3.63, 3.8) is 0 Å². The monoisotopic (exact) mass is 273 g/mol. The number of H-pyrrole nitrogens is 1. The zero-order chi connectivity index (χ0) is 14.3. The molecule has 0 saturated carbocycles. The lowest BCUT2D eigenvalue weighted by Crippen LogP contribution is -2.30. The van der Waals surface area contributed by atoms with Crippen molar-refractivity contribution >= 4 is 17.2 Å². The Morgan fingerprint density at radius 3 is 3.05 bits per heavy atom. The third-order valence-corrected chi connectivity index (χ3v) is 3.68. The molecule has 20 heavy (non-hydrogen) atoms. The number of hydrogen-bond donors (Lipinski definition) is 2. The first kappa shape index (κ1) is 12.8. The van der Waals surface area contributed by atoms with E-state index in [9.17, 15) is 4.79 Å². The molecule has 1 aliphatic rings. The Hall–Kier alpha value is -2.17. The third-order valence-electron chi connectivity index (χ3n) is 3.68. The van der Waals surface area contributed by atoms with E-state index < -0.39 is 0 Å². The van der Waals surface area contributed by atoms with Gasteiger partial charge in [-0.25, -0.2) is 4.79 Å². The highest BCUT2D eigenvalue weighted by Crippen LogP contribution is 2.33. The number of ether oxygens (including phenoxy) is 1. The molecule has 5 heteroatoms.